The molecule has 0 aliphatic rings. The van der Waals surface area contributed by atoms with Crippen LogP contribution < -0.4 is 10.6 Å². The fourth-order valence-electron chi connectivity index (χ4n) is 3.49. The van der Waals surface area contributed by atoms with Crippen molar-refractivity contribution in [3.8, 4) is 24.3 Å². The summed E-state index contributed by atoms with van der Waals surface area (Å²) in [7, 11) is 0. The zero-order valence-corrected chi connectivity index (χ0v) is 21.1. The summed E-state index contributed by atoms with van der Waals surface area (Å²) in [6.45, 7) is 1.35. The van der Waals surface area contributed by atoms with Crippen LogP contribution >= 0.6 is 0 Å². The Labute approximate surface area is 230 Å². The second-order valence-corrected chi connectivity index (χ2v) is 8.26. The molecule has 0 heterocycles. The highest BCUT2D eigenvalue weighted by molar-refractivity contribution is 5.58. The molecule has 0 saturated heterocycles. The van der Waals surface area contributed by atoms with Crippen molar-refractivity contribution < 1.29 is 0 Å². The quantitative estimate of drug-likeness (QED) is 0.171. The minimum atomic E-state index is 0.296. The summed E-state index contributed by atoms with van der Waals surface area (Å²) >= 11 is 0. The van der Waals surface area contributed by atoms with Gasteiger partial charge in [0, 0.05) is 24.5 Å². The second kappa shape index (κ2) is 13.3. The summed E-state index contributed by atoms with van der Waals surface area (Å²) in [5.74, 6) is 0. The highest BCUT2D eigenvalue weighted by Crippen LogP contribution is 2.25. The predicted octanol–water partition coefficient (Wildman–Crippen LogP) is 7.53. The molecule has 0 aromatic heterocycles. The molecule has 0 amide bonds. The fourth-order valence-corrected chi connectivity index (χ4v) is 3.49. The molecule has 10 nitrogen and oxygen atoms in total. The Morgan fingerprint density at radius 2 is 0.875 bits per heavy atom. The maximum absolute atomic E-state index is 9.25. The normalized spacial score (nSPS) is 10.4. The number of hydrogen-bond donors (Lipinski definition) is 2. The Morgan fingerprint density at radius 3 is 1.23 bits per heavy atom. The van der Waals surface area contributed by atoms with Gasteiger partial charge in [-0.1, -0.05) is 0 Å². The maximum atomic E-state index is 9.25. The number of benzene rings is 4. The van der Waals surface area contributed by atoms with Gasteiger partial charge in [-0.15, -0.1) is 10.2 Å². The lowest BCUT2D eigenvalue weighted by molar-refractivity contribution is 1.08. The van der Waals surface area contributed by atoms with Crippen LogP contribution in [0.1, 0.15) is 22.3 Å². The van der Waals surface area contributed by atoms with Crippen molar-refractivity contribution in [3.63, 3.8) is 0 Å². The molecule has 4 aromatic carbocycles. The van der Waals surface area contributed by atoms with Crippen molar-refractivity contribution in [1.29, 1.82) is 21.0 Å². The molecular weight excluding hydrogens is 500 g/mol. The SMILES string of the molecule is N#Cc1ccc(/N=N/c2ccc(NCCNc3ccc(/N=N/c4ccc(C#N)cc4C#N)cc3)cc2)c(C#N)c1. The largest absolute Gasteiger partial charge is 0.383 e. The number of hydrogen-bond acceptors (Lipinski definition) is 10. The summed E-state index contributed by atoms with van der Waals surface area (Å²) in [6, 6.07) is 32.3. The first-order valence-electron chi connectivity index (χ1n) is 12.0. The van der Waals surface area contributed by atoms with Crippen LogP contribution in [0.4, 0.5) is 34.1 Å². The highest BCUT2D eigenvalue weighted by atomic mass is 15.1. The molecule has 4 aromatic rings. The van der Waals surface area contributed by atoms with E-state index in [0.717, 1.165) is 11.4 Å². The predicted molar refractivity (Wildman–Crippen MR) is 150 cm³/mol. The summed E-state index contributed by atoms with van der Waals surface area (Å²) in [5.41, 5.74) is 5.32. The molecule has 0 aliphatic carbocycles. The Kier molecular flexibility index (Phi) is 8.85. The Morgan fingerprint density at radius 1 is 0.475 bits per heavy atom. The monoisotopic (exact) mass is 520 g/mol. The molecular formula is C30H20N10. The zero-order valence-electron chi connectivity index (χ0n) is 21.1. The average Bonchev–Trinajstić information content (AvgIpc) is 3.02. The van der Waals surface area contributed by atoms with E-state index in [2.05, 4.69) is 31.1 Å². The number of nitrogens with zero attached hydrogens (tertiary/aromatic N) is 8. The van der Waals surface area contributed by atoms with Gasteiger partial charge in [-0.2, -0.15) is 31.3 Å². The molecule has 0 bridgehead atoms. The minimum Gasteiger partial charge on any atom is -0.383 e. The van der Waals surface area contributed by atoms with Gasteiger partial charge in [-0.25, -0.2) is 0 Å². The van der Waals surface area contributed by atoms with Crippen molar-refractivity contribution in [2.24, 2.45) is 20.5 Å². The highest BCUT2D eigenvalue weighted by Gasteiger charge is 2.04. The lowest BCUT2D eigenvalue weighted by Gasteiger charge is -2.09. The lowest BCUT2D eigenvalue weighted by Crippen LogP contribution is -2.13. The van der Waals surface area contributed by atoms with E-state index >= 15 is 0 Å². The van der Waals surface area contributed by atoms with E-state index in [9.17, 15) is 10.5 Å². The molecule has 0 saturated carbocycles. The number of nitriles is 4. The molecule has 190 valence electrons. The molecule has 0 spiro atoms. The third-order valence-corrected chi connectivity index (χ3v) is 5.56. The number of rotatable bonds is 9. The summed E-state index contributed by atoms with van der Waals surface area (Å²) in [6.07, 6.45) is 0. The van der Waals surface area contributed by atoms with Gasteiger partial charge >= 0.3 is 0 Å². The smallest absolute Gasteiger partial charge is 0.104 e. The van der Waals surface area contributed by atoms with Gasteiger partial charge in [0.15, 0.2) is 0 Å². The average molecular weight is 521 g/mol. The van der Waals surface area contributed by atoms with Crippen LogP contribution in [0.2, 0.25) is 0 Å². The molecule has 0 radical (unpaired) electrons. The lowest BCUT2D eigenvalue weighted by atomic mass is 10.1. The first-order chi connectivity index (χ1) is 19.6. The van der Waals surface area contributed by atoms with E-state index in [0.29, 0.717) is 58.1 Å². The van der Waals surface area contributed by atoms with Crippen LogP contribution in [0, 0.1) is 45.3 Å². The Hall–Kier alpha value is -6.36. The molecule has 0 aliphatic heterocycles. The number of azo groups is 2. The van der Waals surface area contributed by atoms with E-state index in [-0.39, 0.29) is 0 Å². The molecule has 0 atom stereocenters. The van der Waals surface area contributed by atoms with Gasteiger partial charge in [0.25, 0.3) is 0 Å². The molecule has 40 heavy (non-hydrogen) atoms. The number of anilines is 2. The minimum absolute atomic E-state index is 0.296. The Bertz CT molecular complexity index is 1600. The first-order valence-corrected chi connectivity index (χ1v) is 12.0. The number of nitrogens with one attached hydrogen (secondary N) is 2. The molecule has 4 rings (SSSR count). The summed E-state index contributed by atoms with van der Waals surface area (Å²) in [5, 5.41) is 59.7. The van der Waals surface area contributed by atoms with E-state index in [1.807, 2.05) is 72.8 Å². The molecule has 2 N–H and O–H groups in total. The van der Waals surface area contributed by atoms with Gasteiger partial charge in [0.2, 0.25) is 0 Å². The van der Waals surface area contributed by atoms with Crippen molar-refractivity contribution in [2.75, 3.05) is 23.7 Å². The molecule has 10 heteroatoms. The van der Waals surface area contributed by atoms with Gasteiger partial charge in [0.05, 0.1) is 45.8 Å². The van der Waals surface area contributed by atoms with Crippen LogP contribution in [-0.2, 0) is 0 Å². The van der Waals surface area contributed by atoms with Crippen LogP contribution in [0.15, 0.2) is 105 Å². The van der Waals surface area contributed by atoms with E-state index < -0.39 is 0 Å². The fraction of sp³-hybridized carbons (Fsp3) is 0.0667. The van der Waals surface area contributed by atoms with Crippen LogP contribution in [0.25, 0.3) is 0 Å². The first kappa shape index (κ1) is 26.7. The van der Waals surface area contributed by atoms with Crippen LogP contribution in [0.5, 0.6) is 0 Å². The summed E-state index contributed by atoms with van der Waals surface area (Å²) < 4.78 is 0. The molecule has 0 unspecified atom stereocenters. The van der Waals surface area contributed by atoms with Crippen LogP contribution in [-0.4, -0.2) is 13.1 Å². The van der Waals surface area contributed by atoms with E-state index in [4.69, 9.17) is 10.5 Å². The topological polar surface area (TPSA) is 169 Å². The molecule has 0 fully saturated rings. The van der Waals surface area contributed by atoms with Crippen molar-refractivity contribution >= 4 is 34.1 Å². The van der Waals surface area contributed by atoms with Crippen molar-refractivity contribution in [2.45, 2.75) is 0 Å². The second-order valence-electron chi connectivity index (χ2n) is 8.26. The van der Waals surface area contributed by atoms with Gasteiger partial charge in [0.1, 0.15) is 23.5 Å². The Balaban J connectivity index is 1.24. The van der Waals surface area contributed by atoms with Gasteiger partial charge in [-0.3, -0.25) is 0 Å². The van der Waals surface area contributed by atoms with Gasteiger partial charge < -0.3 is 10.6 Å². The van der Waals surface area contributed by atoms with Gasteiger partial charge in [-0.05, 0) is 84.9 Å². The van der Waals surface area contributed by atoms with Crippen molar-refractivity contribution in [3.05, 3.63) is 107 Å². The van der Waals surface area contributed by atoms with E-state index in [1.54, 1.807) is 24.3 Å². The third kappa shape index (κ3) is 7.11. The zero-order chi connectivity index (χ0) is 28.2. The standard InChI is InChI=1S/C30H20N10/c31-17-21-1-11-29(23(15-21)19-33)39-37-27-7-3-25(4-8-27)35-13-14-36-26-5-9-28(10-6-26)38-40-30-12-2-22(18-32)16-24(30)20-34/h1-12,15-16,35-36H,13-14H2/b39-37+,40-38+. The van der Waals surface area contributed by atoms with Crippen molar-refractivity contribution in [1.82, 2.24) is 0 Å². The maximum Gasteiger partial charge on any atom is 0.104 e. The van der Waals surface area contributed by atoms with Crippen LogP contribution in [0.3, 0.4) is 0 Å². The summed E-state index contributed by atoms with van der Waals surface area (Å²) in [4.78, 5) is 0. The van der Waals surface area contributed by atoms with E-state index in [1.165, 1.54) is 12.1 Å². The third-order valence-electron chi connectivity index (χ3n) is 5.56.